The van der Waals surface area contributed by atoms with Crippen LogP contribution in [0.2, 0.25) is 0 Å². The van der Waals surface area contributed by atoms with E-state index in [1.54, 1.807) is 0 Å². The maximum absolute atomic E-state index is 9.94. The fourth-order valence-corrected chi connectivity index (χ4v) is 16.2. The molecular weight excluding hydrogens is 1670 g/mol. The van der Waals surface area contributed by atoms with Crippen LogP contribution in [0.5, 0.6) is 0 Å². The van der Waals surface area contributed by atoms with Crippen molar-refractivity contribution in [3.05, 3.63) is 430 Å². The molecule has 0 atom stereocenters. The predicted octanol–water partition coefficient (Wildman–Crippen LogP) is 30.4. The summed E-state index contributed by atoms with van der Waals surface area (Å²) in [5.41, 5.74) is 18.3. The first-order valence-corrected chi connectivity index (χ1v) is 41.7. The van der Waals surface area contributed by atoms with Gasteiger partial charge in [-0.3, -0.25) is 4.90 Å². The molecule has 2 heterocycles. The van der Waals surface area contributed by atoms with Crippen LogP contribution in [-0.2, 0) is 0 Å². The highest BCUT2D eigenvalue weighted by Gasteiger charge is 2.24. The van der Waals surface area contributed by atoms with Crippen molar-refractivity contribution in [1.82, 2.24) is 9.97 Å². The molecule has 572 valence electrons. The molecule has 19 rings (SSSR count). The van der Waals surface area contributed by atoms with Crippen molar-refractivity contribution in [2.75, 3.05) is 10.2 Å². The van der Waals surface area contributed by atoms with Crippen LogP contribution in [-0.4, -0.2) is 27.1 Å². The molecule has 0 aliphatic carbocycles. The summed E-state index contributed by atoms with van der Waals surface area (Å²) in [5.74, 6) is 2.63. The van der Waals surface area contributed by atoms with Gasteiger partial charge >= 0.3 is 7.12 Å². The summed E-state index contributed by atoms with van der Waals surface area (Å²) in [4.78, 5) is 11.8. The molecule has 6 nitrogen and oxygen atoms in total. The molecule has 10 heteroatoms. The van der Waals surface area contributed by atoms with Crippen LogP contribution in [0.3, 0.4) is 0 Å². The van der Waals surface area contributed by atoms with Crippen LogP contribution in [0.25, 0.3) is 120 Å². The molecule has 0 aliphatic heterocycles. The van der Waals surface area contributed by atoms with Crippen molar-refractivity contribution in [1.29, 1.82) is 0 Å². The Balaban J connectivity index is 0.000000130. The highest BCUT2D eigenvalue weighted by Crippen LogP contribution is 2.47. The van der Waals surface area contributed by atoms with E-state index in [-0.39, 0.29) is 7.43 Å². The van der Waals surface area contributed by atoms with Crippen molar-refractivity contribution in [2.24, 2.45) is 0 Å². The largest absolute Gasteiger partial charge is 0.489 e. The minimum Gasteiger partial charge on any atom is -0.423 e. The molecule has 0 bridgehead atoms. The molecule has 0 saturated heterocycles. The lowest BCUT2D eigenvalue weighted by Gasteiger charge is -2.25. The third kappa shape index (κ3) is 18.7. The van der Waals surface area contributed by atoms with E-state index in [1.807, 2.05) is 121 Å². The Morgan fingerprint density at radius 3 is 0.906 bits per heavy atom. The fourth-order valence-electron chi connectivity index (χ4n) is 15.3. The molecule has 19 aromatic rings. The first kappa shape index (κ1) is 81.4. The van der Waals surface area contributed by atoms with Crippen molar-refractivity contribution in [3.8, 4) is 55.6 Å². The number of benzene rings is 17. The van der Waals surface area contributed by atoms with Crippen molar-refractivity contribution < 1.29 is 10.0 Å². The van der Waals surface area contributed by atoms with Gasteiger partial charge in [-0.2, -0.15) is 0 Å². The zero-order chi connectivity index (χ0) is 79.9. The van der Waals surface area contributed by atoms with E-state index in [9.17, 15) is 10.0 Å². The van der Waals surface area contributed by atoms with Gasteiger partial charge in [0.1, 0.15) is 11.6 Å². The average molecular weight is 1760 g/mol. The number of anilines is 5. The molecule has 117 heavy (non-hydrogen) atoms. The number of hydrogen-bond donors (Lipinski definition) is 3. The van der Waals surface area contributed by atoms with Gasteiger partial charge in [0.2, 0.25) is 0 Å². The smallest absolute Gasteiger partial charge is 0.423 e. The number of nitrogens with zero attached hydrogens (tertiary/aromatic N) is 3. The SMILES string of the molecule is Brc1ccc(-c2c3ccccc3c(-c3ccccc3)c3ccccc23)cc1.Brc1ccc(I)cc1.C.CC(C)c1cccc(N(c2ccccc2)c2ccc(-c3c4ccccc4c(-c4ccccc4)c4ccccc34)cc2)n1.CC(C)c1cccc(Nc2ccccc2)n1.OB(O)c1c2ccccc2c(-c2ccccc2)c2ccccc12. The zero-order valence-electron chi connectivity index (χ0n) is 64.8. The number of rotatable bonds is 13. The van der Waals surface area contributed by atoms with Gasteiger partial charge < -0.3 is 15.4 Å². The molecule has 0 spiro atoms. The summed E-state index contributed by atoms with van der Waals surface area (Å²) in [6.07, 6.45) is 0. The summed E-state index contributed by atoms with van der Waals surface area (Å²) in [6.45, 7) is 8.67. The van der Waals surface area contributed by atoms with Crippen LogP contribution in [0, 0.1) is 3.57 Å². The number of pyridine rings is 2. The quantitative estimate of drug-likeness (QED) is 0.0606. The number of fused-ring (bicyclic) bond motifs is 6. The minimum absolute atomic E-state index is 0. The van der Waals surface area contributed by atoms with Crippen LogP contribution < -0.4 is 15.7 Å². The van der Waals surface area contributed by atoms with Gasteiger partial charge in [-0.05, 0) is 257 Å². The first-order valence-electron chi connectivity index (χ1n) is 39.0. The van der Waals surface area contributed by atoms with E-state index in [0.29, 0.717) is 17.3 Å². The number of nitrogens with one attached hydrogen (secondary N) is 1. The highest BCUT2D eigenvalue weighted by molar-refractivity contribution is 14.1. The van der Waals surface area contributed by atoms with E-state index >= 15 is 0 Å². The molecule has 0 amide bonds. The van der Waals surface area contributed by atoms with E-state index in [2.05, 4.69) is 382 Å². The van der Waals surface area contributed by atoms with Gasteiger partial charge in [-0.15, -0.1) is 0 Å². The molecule has 0 unspecified atom stereocenters. The van der Waals surface area contributed by atoms with Gasteiger partial charge in [0.15, 0.2) is 0 Å². The van der Waals surface area contributed by atoms with Crippen LogP contribution >= 0.6 is 54.5 Å². The van der Waals surface area contributed by atoms with Crippen molar-refractivity contribution >= 4 is 160 Å². The van der Waals surface area contributed by atoms with E-state index < -0.39 is 7.12 Å². The third-order valence-corrected chi connectivity index (χ3v) is 22.4. The number of halogens is 3. The summed E-state index contributed by atoms with van der Waals surface area (Å²) in [5, 5.41) is 37.2. The topological polar surface area (TPSA) is 81.5 Å². The van der Waals surface area contributed by atoms with Crippen molar-refractivity contribution in [2.45, 2.75) is 47.0 Å². The summed E-state index contributed by atoms with van der Waals surface area (Å²) >= 11 is 9.18. The second kappa shape index (κ2) is 38.5. The van der Waals surface area contributed by atoms with Gasteiger partial charge in [-0.25, -0.2) is 9.97 Å². The van der Waals surface area contributed by atoms with Crippen LogP contribution in [0.1, 0.15) is 58.3 Å². The predicted molar refractivity (Wildman–Crippen MR) is 517 cm³/mol. The summed E-state index contributed by atoms with van der Waals surface area (Å²) in [7, 11) is -1.50. The Morgan fingerprint density at radius 2 is 0.564 bits per heavy atom. The van der Waals surface area contributed by atoms with Crippen molar-refractivity contribution in [3.63, 3.8) is 0 Å². The Kier molecular flexibility index (Phi) is 26.8. The monoisotopic (exact) mass is 1760 g/mol. The highest BCUT2D eigenvalue weighted by atomic mass is 127. The molecule has 0 fully saturated rings. The molecule has 0 aliphatic rings. The lowest BCUT2D eigenvalue weighted by molar-refractivity contribution is 0.426. The second-order valence-corrected chi connectivity index (χ2v) is 31.9. The van der Waals surface area contributed by atoms with Gasteiger partial charge in [0.05, 0.1) is 0 Å². The maximum Gasteiger partial charge on any atom is 0.489 e. The van der Waals surface area contributed by atoms with Gasteiger partial charge in [0.25, 0.3) is 0 Å². The first-order chi connectivity index (χ1) is 56.8. The molecule has 17 aromatic carbocycles. The minimum atomic E-state index is -1.50. The molecule has 3 N–H and O–H groups in total. The molecule has 0 saturated carbocycles. The lowest BCUT2D eigenvalue weighted by atomic mass is 9.72. The Hall–Kier alpha value is -12.1. The van der Waals surface area contributed by atoms with E-state index in [1.165, 1.54) is 91.2 Å². The Morgan fingerprint density at radius 1 is 0.291 bits per heavy atom. The van der Waals surface area contributed by atoms with Crippen LogP contribution in [0.4, 0.5) is 28.7 Å². The van der Waals surface area contributed by atoms with Gasteiger partial charge in [0, 0.05) is 41.0 Å². The number of hydrogen-bond acceptors (Lipinski definition) is 6. The summed E-state index contributed by atoms with van der Waals surface area (Å²) in [6, 6.07) is 141. The Labute approximate surface area is 717 Å². The lowest BCUT2D eigenvalue weighted by Crippen LogP contribution is -2.31. The van der Waals surface area contributed by atoms with Crippen LogP contribution in [0.15, 0.2) is 415 Å². The standard InChI is InChI=1S/C40H32N2.C26H17Br.C20H15BO2.C14H16N2.C6H4BrI.CH4/c1-28(2)37-22-13-23-38(41-37)42(31-16-7-4-8-17-31)32-26-24-30(25-27-32)40-35-20-11-9-18-33(35)39(29-14-5-3-6-15-29)34-19-10-12-21-36(34)40;27-20-16-14-19(15-17-20)26-23-12-6-4-10-21(23)25(18-8-2-1-3-9-18)22-11-5-7-13-24(22)26;22-21(23)20-17-12-6-4-10-15(17)19(14-8-2-1-3-9-14)16-11-5-7-13-18(16)20;1-11(2)13-9-6-10-14(16-13)15-12-7-4-3-5-8-12;7-5-1-3-6(8)4-2-5;/h3-28H,1-2H3;1-17H;1-13,22-23H;3-11H,1-2H3,(H,15,16);1-4H;1H4. The normalized spacial score (nSPS) is 10.9. The molecular formula is C107H88BBr2IN4O2. The second-order valence-electron chi connectivity index (χ2n) is 28.9. The fraction of sp³-hybridized carbons (Fsp3) is 0.0654. The molecule has 2 aromatic heterocycles. The Bertz CT molecular complexity index is 6350. The van der Waals surface area contributed by atoms with Gasteiger partial charge in [-0.1, -0.05) is 376 Å². The number of aromatic nitrogens is 2. The molecule has 0 radical (unpaired) electrons. The third-order valence-electron chi connectivity index (χ3n) is 20.6. The van der Waals surface area contributed by atoms with E-state index in [4.69, 9.17) is 4.98 Å². The summed E-state index contributed by atoms with van der Waals surface area (Å²) < 4.78 is 3.50. The maximum atomic E-state index is 9.94. The van der Waals surface area contributed by atoms with E-state index in [0.717, 1.165) is 81.7 Å². The zero-order valence-corrected chi connectivity index (χ0v) is 70.1. The average Bonchev–Trinajstić information content (AvgIpc) is 0.748. The number of para-hydroxylation sites is 2.